The summed E-state index contributed by atoms with van der Waals surface area (Å²) in [5, 5.41) is 16.5. The molecule has 2 saturated carbocycles. The fourth-order valence-corrected chi connectivity index (χ4v) is 6.46. The van der Waals surface area contributed by atoms with E-state index < -0.39 is 35.3 Å². The standard InChI is InChI=1S/C25H29N7O4.C20H21N7O2/c1-25(2,3)36-24(35)32(13-15-8-9-15)20-12-16(10-11-27-20)17-6-5-7-18(28-17)23(34)29-19-14-31(4)30-21(19)22(26)33;1-27-11-16(18(26-27)19(21)28)25-20(29)15-4-2-3-14(24-15)13-7-8-22-17(9-13)23-10-12-5-6-12/h5-7,10-12,14-15H,8-9,13H2,1-4H3,(H2,26,33)(H,29,34);2-4,7-9,11-12H,5-6,10H2,1H3,(H2,21,28)(H,22,23)(H,25,29). The first-order chi connectivity index (χ1) is 31.0. The zero-order chi connectivity index (χ0) is 46.4. The van der Waals surface area contributed by atoms with Gasteiger partial charge in [-0.05, 0) is 107 Å². The average Bonchev–Trinajstić information content (AvgIpc) is 4.21. The lowest BCUT2D eigenvalue weighted by atomic mass is 10.1. The van der Waals surface area contributed by atoms with Crippen molar-refractivity contribution in [1.82, 2.24) is 39.5 Å². The summed E-state index contributed by atoms with van der Waals surface area (Å²) in [5.41, 5.74) is 13.5. The van der Waals surface area contributed by atoms with E-state index >= 15 is 0 Å². The van der Waals surface area contributed by atoms with Gasteiger partial charge in [-0.15, -0.1) is 0 Å². The number of rotatable bonds is 14. The minimum Gasteiger partial charge on any atom is -0.443 e. The molecule has 7 N–H and O–H groups in total. The molecule has 2 aliphatic rings. The number of hydrogen-bond acceptors (Lipinski definition) is 13. The molecule has 0 saturated heterocycles. The smallest absolute Gasteiger partial charge is 0.416 e. The monoisotopic (exact) mass is 882 g/mol. The van der Waals surface area contributed by atoms with Crippen LogP contribution < -0.4 is 32.3 Å². The lowest BCUT2D eigenvalue weighted by molar-refractivity contribution is 0.0576. The minimum atomic E-state index is -0.752. The highest BCUT2D eigenvalue weighted by Gasteiger charge is 2.31. The number of primary amides is 2. The lowest BCUT2D eigenvalue weighted by Gasteiger charge is -2.27. The van der Waals surface area contributed by atoms with Crippen LogP contribution in [0.5, 0.6) is 0 Å². The quantitative estimate of drug-likeness (QED) is 0.0914. The number of aromatic nitrogens is 8. The van der Waals surface area contributed by atoms with Crippen LogP contribution in [0.1, 0.15) is 88.4 Å². The van der Waals surface area contributed by atoms with Crippen molar-refractivity contribution < 1.29 is 28.7 Å². The summed E-state index contributed by atoms with van der Waals surface area (Å²) in [6.45, 7) is 6.90. The second kappa shape index (κ2) is 19.2. The number of nitrogens with zero attached hydrogens (tertiary/aromatic N) is 9. The van der Waals surface area contributed by atoms with Crippen molar-refractivity contribution in [3.63, 3.8) is 0 Å². The molecule has 0 atom stereocenters. The summed E-state index contributed by atoms with van der Waals surface area (Å²) >= 11 is 0. The van der Waals surface area contributed by atoms with Gasteiger partial charge in [-0.3, -0.25) is 33.4 Å². The molecule has 20 nitrogen and oxygen atoms in total. The maximum Gasteiger partial charge on any atom is 0.416 e. The van der Waals surface area contributed by atoms with Gasteiger partial charge in [-0.25, -0.2) is 24.7 Å². The van der Waals surface area contributed by atoms with Crippen LogP contribution in [-0.2, 0) is 18.8 Å². The number of carbonyl (C=O) groups is 5. The third-order valence-corrected chi connectivity index (χ3v) is 9.98. The predicted molar refractivity (Wildman–Crippen MR) is 242 cm³/mol. The van der Waals surface area contributed by atoms with E-state index in [1.54, 1.807) is 73.9 Å². The highest BCUT2D eigenvalue weighted by Crippen LogP contribution is 2.33. The average molecular weight is 883 g/mol. The number of nitrogens with two attached hydrogens (primary N) is 2. The van der Waals surface area contributed by atoms with Crippen molar-refractivity contribution in [1.29, 1.82) is 0 Å². The third kappa shape index (κ3) is 12.1. The Morgan fingerprint density at radius 1 is 0.723 bits per heavy atom. The molecule has 65 heavy (non-hydrogen) atoms. The summed E-state index contributed by atoms with van der Waals surface area (Å²) in [5.74, 6) is -0.0499. The Kier molecular flexibility index (Phi) is 13.3. The van der Waals surface area contributed by atoms with Crippen LogP contribution in [0.25, 0.3) is 22.5 Å². The lowest BCUT2D eigenvalue weighted by Crippen LogP contribution is -2.38. The predicted octanol–water partition coefficient (Wildman–Crippen LogP) is 5.43. The largest absolute Gasteiger partial charge is 0.443 e. The fraction of sp³-hybridized carbons (Fsp3) is 0.311. The van der Waals surface area contributed by atoms with Gasteiger partial charge in [0.15, 0.2) is 11.4 Å². The molecule has 2 fully saturated rings. The van der Waals surface area contributed by atoms with Gasteiger partial charge in [0.2, 0.25) is 0 Å². The Balaban J connectivity index is 0.000000198. The van der Waals surface area contributed by atoms with Crippen LogP contribution in [0.3, 0.4) is 0 Å². The van der Waals surface area contributed by atoms with Crippen molar-refractivity contribution in [2.24, 2.45) is 37.4 Å². The third-order valence-electron chi connectivity index (χ3n) is 9.98. The van der Waals surface area contributed by atoms with Gasteiger partial charge < -0.3 is 32.2 Å². The number of ether oxygens (including phenoxy) is 1. The molecule has 5 amide bonds. The van der Waals surface area contributed by atoms with E-state index in [0.29, 0.717) is 35.2 Å². The van der Waals surface area contributed by atoms with Crippen LogP contribution in [0.2, 0.25) is 0 Å². The van der Waals surface area contributed by atoms with Gasteiger partial charge in [0.25, 0.3) is 23.6 Å². The molecule has 20 heteroatoms. The maximum atomic E-state index is 12.9. The molecule has 0 unspecified atom stereocenters. The first-order valence-electron chi connectivity index (χ1n) is 20.9. The highest BCUT2D eigenvalue weighted by molar-refractivity contribution is 6.08. The van der Waals surface area contributed by atoms with Crippen molar-refractivity contribution in [3.8, 4) is 22.5 Å². The van der Waals surface area contributed by atoms with E-state index in [-0.39, 0.29) is 34.2 Å². The van der Waals surface area contributed by atoms with E-state index in [4.69, 9.17) is 16.2 Å². The molecule has 0 aliphatic heterocycles. The molecule has 8 rings (SSSR count). The summed E-state index contributed by atoms with van der Waals surface area (Å²) < 4.78 is 8.40. The van der Waals surface area contributed by atoms with Crippen molar-refractivity contribution in [3.05, 3.63) is 108 Å². The summed E-state index contributed by atoms with van der Waals surface area (Å²) in [7, 11) is 3.25. The molecular formula is C45H50N14O6. The van der Waals surface area contributed by atoms with Crippen LogP contribution in [0.15, 0.2) is 85.5 Å². The molecule has 0 radical (unpaired) electrons. The van der Waals surface area contributed by atoms with E-state index in [1.807, 2.05) is 39.0 Å². The van der Waals surface area contributed by atoms with Crippen molar-refractivity contribution in [2.45, 2.75) is 52.1 Å². The van der Waals surface area contributed by atoms with E-state index in [2.05, 4.69) is 46.1 Å². The highest BCUT2D eigenvalue weighted by atomic mass is 16.6. The Bertz CT molecular complexity index is 2750. The number of anilines is 4. The number of carbonyl (C=O) groups excluding carboxylic acids is 5. The topological polar surface area (TPSA) is 273 Å². The van der Waals surface area contributed by atoms with Crippen LogP contribution >= 0.6 is 0 Å². The van der Waals surface area contributed by atoms with Gasteiger partial charge in [0, 0.05) is 63.1 Å². The van der Waals surface area contributed by atoms with Crippen LogP contribution in [0, 0.1) is 11.8 Å². The molecule has 6 heterocycles. The molecule has 336 valence electrons. The van der Waals surface area contributed by atoms with Crippen molar-refractivity contribution >= 4 is 52.7 Å². The molecule has 6 aromatic rings. The van der Waals surface area contributed by atoms with Gasteiger partial charge in [-0.2, -0.15) is 10.2 Å². The number of pyridine rings is 4. The molecular weight excluding hydrogens is 833 g/mol. The Morgan fingerprint density at radius 3 is 1.72 bits per heavy atom. The van der Waals surface area contributed by atoms with Crippen molar-refractivity contribution in [2.75, 3.05) is 33.9 Å². The molecule has 6 aromatic heterocycles. The Morgan fingerprint density at radius 2 is 1.23 bits per heavy atom. The zero-order valence-electron chi connectivity index (χ0n) is 36.6. The Labute approximate surface area is 374 Å². The minimum absolute atomic E-state index is 0.00230. The van der Waals surface area contributed by atoms with Crippen LogP contribution in [0.4, 0.5) is 27.8 Å². The van der Waals surface area contributed by atoms with E-state index in [1.165, 1.54) is 34.6 Å². The van der Waals surface area contributed by atoms with Gasteiger partial charge in [-0.1, -0.05) is 12.1 Å². The fourth-order valence-electron chi connectivity index (χ4n) is 6.46. The SMILES string of the molecule is Cn1cc(NC(=O)c2cccc(-c3ccnc(N(CC4CC4)C(=O)OC(C)(C)C)c3)n2)c(C(N)=O)n1.Cn1cc(NC(=O)c2cccc(-c3ccnc(NCC4CC4)c3)n2)c(C(N)=O)n1. The Hall–Kier alpha value is -8.03. The summed E-state index contributed by atoms with van der Waals surface area (Å²) in [6.07, 6.45) is 10.5. The second-order valence-corrected chi connectivity index (χ2v) is 16.8. The number of nitrogens with one attached hydrogen (secondary N) is 3. The van der Waals surface area contributed by atoms with E-state index in [9.17, 15) is 24.0 Å². The van der Waals surface area contributed by atoms with Gasteiger partial charge in [0.05, 0.1) is 22.8 Å². The molecule has 0 bridgehead atoms. The van der Waals surface area contributed by atoms with E-state index in [0.717, 1.165) is 36.7 Å². The first kappa shape index (κ1) is 45.0. The maximum absolute atomic E-state index is 12.9. The van der Waals surface area contributed by atoms with Gasteiger partial charge in [0.1, 0.15) is 28.6 Å². The normalized spacial score (nSPS) is 13.2. The van der Waals surface area contributed by atoms with Gasteiger partial charge >= 0.3 is 6.09 Å². The second-order valence-electron chi connectivity index (χ2n) is 16.8. The zero-order valence-corrected chi connectivity index (χ0v) is 36.6. The summed E-state index contributed by atoms with van der Waals surface area (Å²) in [6, 6.07) is 17.5. The number of hydrogen-bond donors (Lipinski definition) is 5. The number of aryl methyl sites for hydroxylation is 2. The first-order valence-corrected chi connectivity index (χ1v) is 20.9. The van der Waals surface area contributed by atoms with Crippen LogP contribution in [-0.4, -0.2) is 87.9 Å². The number of amides is 5. The molecule has 0 aromatic carbocycles. The summed E-state index contributed by atoms with van der Waals surface area (Å²) in [4.78, 5) is 80.8. The molecule has 0 spiro atoms. The molecule has 2 aliphatic carbocycles.